The summed E-state index contributed by atoms with van der Waals surface area (Å²) in [6.45, 7) is 2.84. The van der Waals surface area contributed by atoms with E-state index in [4.69, 9.17) is 0 Å². The first-order valence-electron chi connectivity index (χ1n) is 3.93. The van der Waals surface area contributed by atoms with E-state index in [-0.39, 0.29) is 0 Å². The summed E-state index contributed by atoms with van der Waals surface area (Å²) in [4.78, 5) is 1.70. The Hall–Kier alpha value is -0.130. The summed E-state index contributed by atoms with van der Waals surface area (Å²) in [5.74, 6) is 0. The Kier molecular flexibility index (Phi) is 2.75. The van der Waals surface area contributed by atoms with Crippen molar-refractivity contribution in [3.63, 3.8) is 0 Å². The minimum Gasteiger partial charge on any atom is -0.293 e. The normalized spacial score (nSPS) is 22.3. The fraction of sp³-hybridized carbons (Fsp3) is 0.857. The van der Waals surface area contributed by atoms with Crippen molar-refractivity contribution >= 4 is 10.0 Å². The molecule has 1 radical (unpaired) electrons. The lowest BCUT2D eigenvalue weighted by molar-refractivity contribution is 0.329. The number of sulfonamides is 1. The van der Waals surface area contributed by atoms with Crippen molar-refractivity contribution < 1.29 is 8.42 Å². The molecule has 1 saturated heterocycles. The second-order valence-corrected chi connectivity index (χ2v) is 5.44. The van der Waals surface area contributed by atoms with Crippen LogP contribution in [0.25, 0.3) is 0 Å². The molecule has 0 amide bonds. The zero-order valence-electron chi connectivity index (χ0n) is 7.69. The monoisotopic (exact) mass is 191 g/mol. The second-order valence-electron chi connectivity index (χ2n) is 3.21. The Bertz CT molecular complexity index is 244. The predicted molar refractivity (Wildman–Crippen MR) is 47.9 cm³/mol. The molecule has 1 aliphatic rings. The summed E-state index contributed by atoms with van der Waals surface area (Å²) >= 11 is 0. The second kappa shape index (κ2) is 3.32. The van der Waals surface area contributed by atoms with Crippen LogP contribution in [0.5, 0.6) is 0 Å². The van der Waals surface area contributed by atoms with E-state index in [1.165, 1.54) is 4.31 Å². The molecule has 1 heterocycles. The van der Waals surface area contributed by atoms with Gasteiger partial charge in [-0.25, -0.2) is 8.42 Å². The van der Waals surface area contributed by atoms with Crippen LogP contribution in [0.2, 0.25) is 0 Å². The molecular weight excluding hydrogens is 176 g/mol. The molecule has 0 spiro atoms. The largest absolute Gasteiger partial charge is 0.293 e. The van der Waals surface area contributed by atoms with Crippen molar-refractivity contribution in [3.8, 4) is 0 Å². The lowest BCUT2D eigenvalue weighted by Crippen LogP contribution is -2.50. The van der Waals surface area contributed by atoms with Gasteiger partial charge in [-0.2, -0.15) is 4.31 Å². The molecule has 0 bridgehead atoms. The van der Waals surface area contributed by atoms with Crippen LogP contribution in [0.4, 0.5) is 0 Å². The van der Waals surface area contributed by atoms with E-state index in [1.807, 2.05) is 6.42 Å². The predicted octanol–water partition coefficient (Wildman–Crippen LogP) is -0.256. The third kappa shape index (κ3) is 1.62. The average Bonchev–Trinajstić information content (AvgIpc) is 1.80. The van der Waals surface area contributed by atoms with Gasteiger partial charge in [-0.1, -0.05) is 0 Å². The Labute approximate surface area is 74.2 Å². The summed E-state index contributed by atoms with van der Waals surface area (Å²) < 4.78 is 24.7. The molecular formula is C7H15N2O2S. The van der Waals surface area contributed by atoms with Crippen molar-refractivity contribution in [3.05, 3.63) is 6.42 Å². The van der Waals surface area contributed by atoms with Crippen LogP contribution in [-0.2, 0) is 10.0 Å². The SMILES string of the molecule is CC(N(C)C)S(=O)(=O)N1C[CH]C1. The molecule has 5 heteroatoms. The Morgan fingerprint density at radius 1 is 1.42 bits per heavy atom. The fourth-order valence-corrected chi connectivity index (χ4v) is 2.52. The average molecular weight is 191 g/mol. The van der Waals surface area contributed by atoms with Crippen molar-refractivity contribution in [2.75, 3.05) is 27.2 Å². The molecule has 0 N–H and O–H groups in total. The summed E-state index contributed by atoms with van der Waals surface area (Å²) in [6, 6.07) is 0. The highest BCUT2D eigenvalue weighted by Gasteiger charge is 2.33. The highest BCUT2D eigenvalue weighted by molar-refractivity contribution is 7.89. The molecule has 1 fully saturated rings. The molecule has 71 valence electrons. The summed E-state index contributed by atoms with van der Waals surface area (Å²) in [5.41, 5.74) is 0. The zero-order chi connectivity index (χ0) is 9.35. The van der Waals surface area contributed by atoms with Gasteiger partial charge in [-0.05, 0) is 27.4 Å². The fourth-order valence-electron chi connectivity index (χ4n) is 0.924. The van der Waals surface area contributed by atoms with Gasteiger partial charge in [0, 0.05) is 13.1 Å². The quantitative estimate of drug-likeness (QED) is 0.617. The van der Waals surface area contributed by atoms with E-state index in [2.05, 4.69) is 0 Å². The standard InChI is InChI=1S/C7H15N2O2S/c1-7(8(2)3)12(10,11)9-5-4-6-9/h4,7H,5-6H2,1-3H3. The maximum atomic E-state index is 11.6. The number of rotatable bonds is 3. The summed E-state index contributed by atoms with van der Waals surface area (Å²) in [7, 11) is 0.466. The van der Waals surface area contributed by atoms with E-state index >= 15 is 0 Å². The number of nitrogens with zero attached hydrogens (tertiary/aromatic N) is 2. The van der Waals surface area contributed by atoms with Crippen LogP contribution in [-0.4, -0.2) is 50.2 Å². The lowest BCUT2D eigenvalue weighted by Gasteiger charge is -2.34. The molecule has 0 aromatic rings. The van der Waals surface area contributed by atoms with Crippen LogP contribution < -0.4 is 0 Å². The highest BCUT2D eigenvalue weighted by atomic mass is 32.2. The molecule has 0 aliphatic carbocycles. The van der Waals surface area contributed by atoms with Crippen LogP contribution in [0.1, 0.15) is 6.92 Å². The van der Waals surface area contributed by atoms with Crippen molar-refractivity contribution in [1.29, 1.82) is 0 Å². The zero-order valence-corrected chi connectivity index (χ0v) is 8.50. The molecule has 0 aromatic heterocycles. The van der Waals surface area contributed by atoms with Gasteiger partial charge in [-0.15, -0.1) is 0 Å². The van der Waals surface area contributed by atoms with Gasteiger partial charge >= 0.3 is 0 Å². The van der Waals surface area contributed by atoms with Gasteiger partial charge in [0.15, 0.2) is 0 Å². The number of hydrogen-bond acceptors (Lipinski definition) is 3. The van der Waals surface area contributed by atoms with Gasteiger partial charge in [0.05, 0.1) is 0 Å². The van der Waals surface area contributed by atoms with Crippen LogP contribution in [0.15, 0.2) is 0 Å². The summed E-state index contributed by atoms with van der Waals surface area (Å²) in [6.07, 6.45) is 1.94. The minimum atomic E-state index is -3.07. The Morgan fingerprint density at radius 3 is 2.17 bits per heavy atom. The highest BCUT2D eigenvalue weighted by Crippen LogP contribution is 2.16. The van der Waals surface area contributed by atoms with Crippen LogP contribution in [0, 0.1) is 6.42 Å². The maximum absolute atomic E-state index is 11.6. The van der Waals surface area contributed by atoms with Gasteiger partial charge in [0.2, 0.25) is 10.0 Å². The van der Waals surface area contributed by atoms with Crippen molar-refractivity contribution in [2.45, 2.75) is 12.3 Å². The Balaban J connectivity index is 2.70. The third-order valence-electron chi connectivity index (χ3n) is 2.18. The molecule has 1 rings (SSSR count). The molecule has 1 aliphatic heterocycles. The van der Waals surface area contributed by atoms with E-state index in [1.54, 1.807) is 25.9 Å². The van der Waals surface area contributed by atoms with Gasteiger partial charge in [0.1, 0.15) is 5.37 Å². The molecule has 0 aromatic carbocycles. The van der Waals surface area contributed by atoms with Crippen LogP contribution >= 0.6 is 0 Å². The van der Waals surface area contributed by atoms with E-state index in [9.17, 15) is 8.42 Å². The lowest BCUT2D eigenvalue weighted by atomic mass is 10.3. The molecule has 12 heavy (non-hydrogen) atoms. The minimum absolute atomic E-state index is 0.425. The number of hydrogen-bond donors (Lipinski definition) is 0. The first-order valence-corrected chi connectivity index (χ1v) is 5.43. The molecule has 1 atom stereocenters. The van der Waals surface area contributed by atoms with E-state index < -0.39 is 15.4 Å². The Morgan fingerprint density at radius 2 is 1.92 bits per heavy atom. The summed E-state index contributed by atoms with van der Waals surface area (Å²) in [5, 5.41) is -0.425. The first kappa shape index (κ1) is 9.95. The first-order chi connectivity index (χ1) is 5.46. The maximum Gasteiger partial charge on any atom is 0.230 e. The smallest absolute Gasteiger partial charge is 0.230 e. The molecule has 0 saturated carbocycles. The van der Waals surface area contributed by atoms with Gasteiger partial charge in [0.25, 0.3) is 0 Å². The molecule has 4 nitrogen and oxygen atoms in total. The third-order valence-corrected chi connectivity index (χ3v) is 4.49. The van der Waals surface area contributed by atoms with Crippen molar-refractivity contribution in [1.82, 2.24) is 9.21 Å². The van der Waals surface area contributed by atoms with Gasteiger partial charge in [-0.3, -0.25) is 4.90 Å². The van der Waals surface area contributed by atoms with Crippen LogP contribution in [0.3, 0.4) is 0 Å². The van der Waals surface area contributed by atoms with Gasteiger partial charge < -0.3 is 0 Å². The van der Waals surface area contributed by atoms with E-state index in [0.29, 0.717) is 13.1 Å². The molecule has 1 unspecified atom stereocenters. The van der Waals surface area contributed by atoms with E-state index in [0.717, 1.165) is 0 Å². The van der Waals surface area contributed by atoms with Crippen molar-refractivity contribution in [2.24, 2.45) is 0 Å². The topological polar surface area (TPSA) is 40.6 Å².